The van der Waals surface area contributed by atoms with Gasteiger partial charge in [0.25, 0.3) is 0 Å². The van der Waals surface area contributed by atoms with Crippen molar-refractivity contribution in [2.24, 2.45) is 5.92 Å². The van der Waals surface area contributed by atoms with Gasteiger partial charge in [0.05, 0.1) is 0 Å². The van der Waals surface area contributed by atoms with Gasteiger partial charge in [0.15, 0.2) is 0 Å². The van der Waals surface area contributed by atoms with E-state index in [1.54, 1.807) is 12.1 Å². The molecule has 2 atom stereocenters. The second-order valence-electron chi connectivity index (χ2n) is 4.54. The highest BCUT2D eigenvalue weighted by atomic mass is 35.5. The monoisotopic (exact) mass is 289 g/mol. The van der Waals surface area contributed by atoms with Crippen LogP contribution in [-0.2, 0) is 6.42 Å². The van der Waals surface area contributed by atoms with Gasteiger partial charge in [-0.3, -0.25) is 0 Å². The van der Waals surface area contributed by atoms with Gasteiger partial charge in [-0.05, 0) is 54.7 Å². The fourth-order valence-electron chi connectivity index (χ4n) is 2.05. The molecule has 1 rings (SSSR count). The van der Waals surface area contributed by atoms with Gasteiger partial charge in [-0.15, -0.1) is 0 Å². The molecule has 0 aliphatic rings. The molecule has 1 N–H and O–H groups in total. The number of hydrogen-bond donors (Lipinski definition) is 1. The number of nitrogens with one attached hydrogen (secondary N) is 1. The maximum Gasteiger partial charge on any atom is 0.126 e. The van der Waals surface area contributed by atoms with E-state index in [1.807, 2.05) is 11.8 Å². The molecule has 18 heavy (non-hydrogen) atoms. The Morgan fingerprint density at radius 3 is 2.78 bits per heavy atom. The summed E-state index contributed by atoms with van der Waals surface area (Å²) in [5.41, 5.74) is 0.696. The lowest BCUT2D eigenvalue weighted by Crippen LogP contribution is -2.38. The summed E-state index contributed by atoms with van der Waals surface area (Å²) < 4.78 is 13.7. The molecule has 0 heterocycles. The maximum atomic E-state index is 13.7. The molecule has 1 nitrogen and oxygen atoms in total. The first kappa shape index (κ1) is 15.8. The molecule has 0 aromatic heterocycles. The summed E-state index contributed by atoms with van der Waals surface area (Å²) in [6.45, 7) is 5.17. The summed E-state index contributed by atoms with van der Waals surface area (Å²) in [6, 6.07) is 5.05. The molecule has 0 bridgehead atoms. The van der Waals surface area contributed by atoms with Crippen molar-refractivity contribution in [3.63, 3.8) is 0 Å². The first-order valence-electron chi connectivity index (χ1n) is 6.24. The summed E-state index contributed by atoms with van der Waals surface area (Å²) in [6.07, 6.45) is 2.78. The molecule has 0 amide bonds. The molecule has 102 valence electrons. The van der Waals surface area contributed by atoms with Crippen molar-refractivity contribution in [1.29, 1.82) is 0 Å². The molecule has 0 spiro atoms. The highest BCUT2D eigenvalue weighted by molar-refractivity contribution is 7.98. The van der Waals surface area contributed by atoms with Crippen molar-refractivity contribution in [2.75, 3.05) is 18.6 Å². The van der Waals surface area contributed by atoms with E-state index in [1.165, 1.54) is 6.07 Å². The van der Waals surface area contributed by atoms with Gasteiger partial charge in [0.2, 0.25) is 0 Å². The zero-order valence-electron chi connectivity index (χ0n) is 11.2. The second kappa shape index (κ2) is 8.03. The summed E-state index contributed by atoms with van der Waals surface area (Å²) >= 11 is 7.75. The zero-order valence-corrected chi connectivity index (χ0v) is 12.7. The maximum absolute atomic E-state index is 13.7. The molecule has 4 heteroatoms. The van der Waals surface area contributed by atoms with Gasteiger partial charge >= 0.3 is 0 Å². The molecule has 0 aliphatic heterocycles. The number of likely N-dealkylation sites (N-methyl/N-ethyl adjacent to an activating group) is 1. The Balaban J connectivity index is 2.78. The number of benzene rings is 1. The number of hydrogen-bond acceptors (Lipinski definition) is 2. The van der Waals surface area contributed by atoms with E-state index in [-0.39, 0.29) is 11.9 Å². The van der Waals surface area contributed by atoms with Crippen LogP contribution in [0.4, 0.5) is 4.39 Å². The van der Waals surface area contributed by atoms with Crippen LogP contribution in [0.15, 0.2) is 18.2 Å². The van der Waals surface area contributed by atoms with E-state index in [0.29, 0.717) is 22.9 Å². The van der Waals surface area contributed by atoms with E-state index in [9.17, 15) is 4.39 Å². The third-order valence-corrected chi connectivity index (χ3v) is 4.12. The van der Waals surface area contributed by atoms with E-state index >= 15 is 0 Å². The smallest absolute Gasteiger partial charge is 0.126 e. The average Bonchev–Trinajstić information content (AvgIpc) is 2.33. The van der Waals surface area contributed by atoms with Crippen LogP contribution < -0.4 is 5.32 Å². The zero-order chi connectivity index (χ0) is 13.5. The Labute approximate surface area is 118 Å². The van der Waals surface area contributed by atoms with Crippen LogP contribution in [0.25, 0.3) is 0 Å². The van der Waals surface area contributed by atoms with Crippen molar-refractivity contribution in [3.05, 3.63) is 34.6 Å². The van der Waals surface area contributed by atoms with Crippen molar-refractivity contribution in [2.45, 2.75) is 26.3 Å². The SMILES string of the molecule is CCNC(Cc1cc(Cl)ccc1F)C(C)CSC. The highest BCUT2D eigenvalue weighted by Gasteiger charge is 2.18. The van der Waals surface area contributed by atoms with E-state index < -0.39 is 0 Å². The van der Waals surface area contributed by atoms with Crippen molar-refractivity contribution >= 4 is 23.4 Å². The predicted molar refractivity (Wildman–Crippen MR) is 80.1 cm³/mol. The third kappa shape index (κ3) is 4.79. The lowest BCUT2D eigenvalue weighted by Gasteiger charge is -2.24. The second-order valence-corrected chi connectivity index (χ2v) is 5.88. The molecule has 1 aromatic carbocycles. The highest BCUT2D eigenvalue weighted by Crippen LogP contribution is 2.20. The van der Waals surface area contributed by atoms with Crippen LogP contribution in [0.1, 0.15) is 19.4 Å². The van der Waals surface area contributed by atoms with Crippen molar-refractivity contribution in [3.8, 4) is 0 Å². The number of rotatable bonds is 7. The summed E-state index contributed by atoms with van der Waals surface area (Å²) in [5.74, 6) is 1.40. The Morgan fingerprint density at radius 2 is 2.17 bits per heavy atom. The Hall–Kier alpha value is -0.250. The minimum absolute atomic E-state index is 0.168. The minimum atomic E-state index is -0.168. The molecule has 0 saturated heterocycles. The van der Waals surface area contributed by atoms with Gasteiger partial charge in [0, 0.05) is 11.1 Å². The molecule has 1 aromatic rings. The van der Waals surface area contributed by atoms with Gasteiger partial charge in [-0.1, -0.05) is 25.4 Å². The van der Waals surface area contributed by atoms with E-state index in [0.717, 1.165) is 12.3 Å². The summed E-state index contributed by atoms with van der Waals surface area (Å²) in [5, 5.41) is 4.04. The quantitative estimate of drug-likeness (QED) is 0.814. The fourth-order valence-corrected chi connectivity index (χ4v) is 3.01. The van der Waals surface area contributed by atoms with Crippen LogP contribution in [0.2, 0.25) is 5.02 Å². The van der Waals surface area contributed by atoms with Crippen LogP contribution in [0.5, 0.6) is 0 Å². The minimum Gasteiger partial charge on any atom is -0.314 e. The molecule has 0 radical (unpaired) electrons. The molecular formula is C14H21ClFNS. The lowest BCUT2D eigenvalue weighted by molar-refractivity contribution is 0.405. The lowest BCUT2D eigenvalue weighted by atomic mass is 9.96. The first-order valence-corrected chi connectivity index (χ1v) is 8.01. The standard InChI is InChI=1S/C14H21ClFNS/c1-4-17-14(10(2)9-18-3)8-11-7-12(15)5-6-13(11)16/h5-7,10,14,17H,4,8-9H2,1-3H3. The first-order chi connectivity index (χ1) is 8.58. The molecule has 0 aliphatic carbocycles. The number of halogens is 2. The van der Waals surface area contributed by atoms with Gasteiger partial charge in [-0.25, -0.2) is 4.39 Å². The van der Waals surface area contributed by atoms with E-state index in [4.69, 9.17) is 11.6 Å². The van der Waals surface area contributed by atoms with E-state index in [2.05, 4.69) is 25.4 Å². The van der Waals surface area contributed by atoms with Crippen LogP contribution >= 0.6 is 23.4 Å². The topological polar surface area (TPSA) is 12.0 Å². The number of thioether (sulfide) groups is 1. The van der Waals surface area contributed by atoms with Gasteiger partial charge in [-0.2, -0.15) is 11.8 Å². The van der Waals surface area contributed by atoms with Gasteiger partial charge < -0.3 is 5.32 Å². The van der Waals surface area contributed by atoms with Crippen LogP contribution in [0, 0.1) is 11.7 Å². The third-order valence-electron chi connectivity index (χ3n) is 3.03. The Kier molecular flexibility index (Phi) is 7.05. The van der Waals surface area contributed by atoms with Crippen molar-refractivity contribution in [1.82, 2.24) is 5.32 Å². The van der Waals surface area contributed by atoms with Crippen LogP contribution in [-0.4, -0.2) is 24.6 Å². The van der Waals surface area contributed by atoms with Crippen LogP contribution in [0.3, 0.4) is 0 Å². The summed E-state index contributed by atoms with van der Waals surface area (Å²) in [7, 11) is 0. The molecule has 0 saturated carbocycles. The Morgan fingerprint density at radius 1 is 1.44 bits per heavy atom. The fraction of sp³-hybridized carbons (Fsp3) is 0.571. The van der Waals surface area contributed by atoms with Crippen molar-refractivity contribution < 1.29 is 4.39 Å². The molecular weight excluding hydrogens is 269 g/mol. The normalized spacial score (nSPS) is 14.5. The Bertz CT molecular complexity index is 373. The molecule has 2 unspecified atom stereocenters. The van der Waals surface area contributed by atoms with Gasteiger partial charge in [0.1, 0.15) is 5.82 Å². The molecule has 0 fully saturated rings. The largest absolute Gasteiger partial charge is 0.314 e. The predicted octanol–water partition coefficient (Wildman–Crippen LogP) is 4.00. The average molecular weight is 290 g/mol. The summed E-state index contributed by atoms with van der Waals surface area (Å²) in [4.78, 5) is 0.